The van der Waals surface area contributed by atoms with Crippen molar-refractivity contribution in [1.82, 2.24) is 10.2 Å². The van der Waals surface area contributed by atoms with Crippen molar-refractivity contribution in [2.75, 3.05) is 7.05 Å². The molecule has 1 aliphatic heterocycles. The molecule has 0 aromatic heterocycles. The van der Waals surface area contributed by atoms with Crippen LogP contribution in [0.25, 0.3) is 0 Å². The summed E-state index contributed by atoms with van der Waals surface area (Å²) in [6, 6.07) is 3.89. The lowest BCUT2D eigenvalue weighted by atomic mass is 10.0. The van der Waals surface area contributed by atoms with Gasteiger partial charge in [0, 0.05) is 19.2 Å². The maximum Gasteiger partial charge on any atom is 0.322 e. The van der Waals surface area contributed by atoms with Gasteiger partial charge in [-0.25, -0.2) is 4.79 Å². The van der Waals surface area contributed by atoms with Gasteiger partial charge in [0.1, 0.15) is 6.04 Å². The van der Waals surface area contributed by atoms with Crippen molar-refractivity contribution in [1.29, 1.82) is 0 Å². The number of rotatable bonds is 3. The minimum atomic E-state index is -1.02. The van der Waals surface area contributed by atoms with Gasteiger partial charge in [0.15, 0.2) is 0 Å². The van der Waals surface area contributed by atoms with E-state index in [-0.39, 0.29) is 22.6 Å². The zero-order chi connectivity index (χ0) is 15.7. The van der Waals surface area contributed by atoms with Gasteiger partial charge >= 0.3 is 6.03 Å². The first-order valence-electron chi connectivity index (χ1n) is 5.96. The number of nitrogens with zero attached hydrogens (tertiary/aromatic N) is 3. The molecule has 0 spiro atoms. The van der Waals surface area contributed by atoms with Crippen LogP contribution in [0.1, 0.15) is 18.5 Å². The second-order valence-electron chi connectivity index (χ2n) is 4.52. The predicted octanol–water partition coefficient (Wildman–Crippen LogP) is 1.80. The van der Waals surface area contributed by atoms with Gasteiger partial charge in [-0.2, -0.15) is 0 Å². The van der Waals surface area contributed by atoms with E-state index < -0.39 is 21.9 Å². The molecule has 0 saturated heterocycles. The van der Waals surface area contributed by atoms with E-state index in [0.717, 1.165) is 4.90 Å². The van der Waals surface area contributed by atoms with E-state index in [1.54, 1.807) is 0 Å². The third kappa shape index (κ3) is 2.53. The van der Waals surface area contributed by atoms with Gasteiger partial charge in [-0.15, -0.1) is 0 Å². The van der Waals surface area contributed by atoms with Crippen molar-refractivity contribution >= 4 is 11.7 Å². The highest BCUT2D eigenvalue weighted by Gasteiger charge is 2.38. The first-order valence-corrected chi connectivity index (χ1v) is 5.96. The number of nitrogens with one attached hydrogen (secondary N) is 1. The Balaban J connectivity index is 2.56. The van der Waals surface area contributed by atoms with Crippen LogP contribution < -0.4 is 5.32 Å². The number of allylic oxidation sites excluding steroid dienone is 1. The van der Waals surface area contributed by atoms with Crippen molar-refractivity contribution < 1.29 is 14.6 Å². The van der Waals surface area contributed by atoms with Crippen LogP contribution in [0, 0.1) is 20.2 Å². The van der Waals surface area contributed by atoms with Crippen LogP contribution in [0.3, 0.4) is 0 Å². The molecule has 1 heterocycles. The molecule has 1 aromatic rings. The van der Waals surface area contributed by atoms with Crippen molar-refractivity contribution in [3.63, 3.8) is 0 Å². The van der Waals surface area contributed by atoms with Crippen LogP contribution in [-0.2, 0) is 0 Å². The lowest BCUT2D eigenvalue weighted by molar-refractivity contribution is -0.433. The third-order valence-corrected chi connectivity index (χ3v) is 3.33. The van der Waals surface area contributed by atoms with Gasteiger partial charge in [-0.1, -0.05) is 12.1 Å². The largest absolute Gasteiger partial charge is 0.322 e. The van der Waals surface area contributed by atoms with Crippen LogP contribution in [0.4, 0.5) is 10.5 Å². The number of nitro groups is 2. The molecule has 0 aliphatic carbocycles. The fraction of sp³-hybridized carbons (Fsp3) is 0.250. The summed E-state index contributed by atoms with van der Waals surface area (Å²) in [6.45, 7) is 1.46. The summed E-state index contributed by atoms with van der Waals surface area (Å²) >= 11 is 0. The molecule has 1 aromatic carbocycles. The molecular weight excluding hydrogens is 280 g/mol. The lowest BCUT2D eigenvalue weighted by Crippen LogP contribution is -2.45. The smallest absolute Gasteiger partial charge is 0.321 e. The zero-order valence-electron chi connectivity index (χ0n) is 11.3. The van der Waals surface area contributed by atoms with Crippen LogP contribution in [0.5, 0.6) is 0 Å². The fourth-order valence-electron chi connectivity index (χ4n) is 2.12. The van der Waals surface area contributed by atoms with Gasteiger partial charge in [-0.05, 0) is 12.5 Å². The Bertz CT molecular complexity index is 669. The Kier molecular flexibility index (Phi) is 3.57. The molecule has 9 nitrogen and oxygen atoms in total. The summed E-state index contributed by atoms with van der Waals surface area (Å²) in [5.41, 5.74) is 0.0792. The summed E-state index contributed by atoms with van der Waals surface area (Å²) in [7, 11) is 1.41. The second kappa shape index (κ2) is 5.19. The summed E-state index contributed by atoms with van der Waals surface area (Å²) in [6.07, 6.45) is 0. The van der Waals surface area contributed by atoms with Crippen LogP contribution in [0.15, 0.2) is 35.7 Å². The molecule has 110 valence electrons. The number of urea groups is 1. The predicted molar refractivity (Wildman–Crippen MR) is 71.8 cm³/mol. The third-order valence-electron chi connectivity index (χ3n) is 3.33. The Labute approximate surface area is 119 Å². The Hall–Kier alpha value is -2.97. The van der Waals surface area contributed by atoms with E-state index in [2.05, 4.69) is 5.32 Å². The van der Waals surface area contributed by atoms with Gasteiger partial charge in [0.2, 0.25) is 0 Å². The van der Waals surface area contributed by atoms with E-state index >= 15 is 0 Å². The number of hydrogen-bond donors (Lipinski definition) is 1. The van der Waals surface area contributed by atoms with Gasteiger partial charge in [-0.3, -0.25) is 25.1 Å². The summed E-state index contributed by atoms with van der Waals surface area (Å²) in [5, 5.41) is 24.5. The minimum Gasteiger partial charge on any atom is -0.321 e. The van der Waals surface area contributed by atoms with Crippen LogP contribution in [-0.4, -0.2) is 27.8 Å². The highest BCUT2D eigenvalue weighted by molar-refractivity contribution is 5.78. The number of carbonyl (C=O) groups excluding carboxylic acids is 1. The number of benzene rings is 1. The van der Waals surface area contributed by atoms with Crippen LogP contribution >= 0.6 is 0 Å². The van der Waals surface area contributed by atoms with Crippen molar-refractivity contribution in [3.8, 4) is 0 Å². The molecular formula is C12H12N4O5. The van der Waals surface area contributed by atoms with Crippen molar-refractivity contribution in [3.05, 3.63) is 61.5 Å². The SMILES string of the molecule is CC1=C([N+](=O)[O-])[C@H](c2cccc([N+](=O)[O-])c2)NC(=O)N1C. The van der Waals surface area contributed by atoms with E-state index in [9.17, 15) is 25.0 Å². The minimum absolute atomic E-state index is 0.193. The number of non-ortho nitro benzene ring substituents is 1. The molecule has 21 heavy (non-hydrogen) atoms. The van der Waals surface area contributed by atoms with Crippen molar-refractivity contribution in [2.45, 2.75) is 13.0 Å². The normalized spacial score (nSPS) is 18.5. The lowest BCUT2D eigenvalue weighted by Gasteiger charge is -2.29. The molecule has 2 amide bonds. The van der Waals surface area contributed by atoms with Crippen molar-refractivity contribution in [2.24, 2.45) is 0 Å². The number of amides is 2. The maximum absolute atomic E-state index is 11.8. The monoisotopic (exact) mass is 292 g/mol. The average Bonchev–Trinajstić information content (AvgIpc) is 2.44. The fourth-order valence-corrected chi connectivity index (χ4v) is 2.12. The highest BCUT2D eigenvalue weighted by Crippen LogP contribution is 2.31. The van der Waals surface area contributed by atoms with Gasteiger partial charge in [0.25, 0.3) is 11.4 Å². The molecule has 9 heteroatoms. The molecule has 0 bridgehead atoms. The maximum atomic E-state index is 11.8. The van der Waals surface area contributed by atoms with Gasteiger partial charge < -0.3 is 5.32 Å². The number of hydrogen-bond acceptors (Lipinski definition) is 5. The standard InChI is InChI=1S/C12H12N4O5/c1-7-11(16(20)21)10(13-12(17)14(7)2)8-4-3-5-9(6-8)15(18)19/h3-6,10H,1-2H3,(H,13,17)/t10-/m0/s1. The Morgan fingerprint density at radius 3 is 2.48 bits per heavy atom. The van der Waals surface area contributed by atoms with E-state index in [1.807, 2.05) is 0 Å². The summed E-state index contributed by atoms with van der Waals surface area (Å²) < 4.78 is 0. The zero-order valence-corrected chi connectivity index (χ0v) is 11.3. The van der Waals surface area contributed by atoms with E-state index in [4.69, 9.17) is 0 Å². The topological polar surface area (TPSA) is 119 Å². The first kappa shape index (κ1) is 14.4. The molecule has 1 N–H and O–H groups in total. The average molecular weight is 292 g/mol. The molecule has 1 atom stereocenters. The molecule has 0 fully saturated rings. The molecule has 0 unspecified atom stereocenters. The quantitative estimate of drug-likeness (QED) is 0.673. The van der Waals surface area contributed by atoms with Crippen LogP contribution in [0.2, 0.25) is 0 Å². The molecule has 2 rings (SSSR count). The van der Waals surface area contributed by atoms with E-state index in [0.29, 0.717) is 0 Å². The molecule has 1 aliphatic rings. The van der Waals surface area contributed by atoms with E-state index in [1.165, 1.54) is 38.2 Å². The highest BCUT2D eigenvalue weighted by atomic mass is 16.6. The first-order chi connectivity index (χ1) is 9.82. The Morgan fingerprint density at radius 1 is 1.24 bits per heavy atom. The second-order valence-corrected chi connectivity index (χ2v) is 4.52. The molecule has 0 radical (unpaired) electrons. The summed E-state index contributed by atoms with van der Waals surface area (Å²) in [4.78, 5) is 33.8. The Morgan fingerprint density at radius 2 is 1.90 bits per heavy atom. The van der Waals surface area contributed by atoms with Gasteiger partial charge in [0.05, 0.1) is 15.5 Å². The number of nitro benzene ring substituents is 1. The number of carbonyl (C=O) groups is 1. The summed E-state index contributed by atoms with van der Waals surface area (Å²) in [5.74, 6) is 0. The molecule has 0 saturated carbocycles.